The molecule has 0 aromatic heterocycles. The summed E-state index contributed by atoms with van der Waals surface area (Å²) in [7, 11) is 1.88. The molecular formula is C11H15N3O. The third kappa shape index (κ3) is 2.10. The van der Waals surface area contributed by atoms with E-state index in [4.69, 9.17) is 0 Å². The molecule has 1 aromatic rings. The van der Waals surface area contributed by atoms with E-state index in [2.05, 4.69) is 10.6 Å². The molecule has 1 amide bonds. The monoisotopic (exact) mass is 205 g/mol. The first-order valence-corrected chi connectivity index (χ1v) is 5.10. The van der Waals surface area contributed by atoms with E-state index < -0.39 is 0 Å². The highest BCUT2D eigenvalue weighted by molar-refractivity contribution is 5.95. The van der Waals surface area contributed by atoms with E-state index in [1.54, 1.807) is 0 Å². The van der Waals surface area contributed by atoms with Crippen LogP contribution in [0.2, 0.25) is 0 Å². The molecule has 80 valence electrons. The van der Waals surface area contributed by atoms with Crippen molar-refractivity contribution in [3.05, 3.63) is 24.3 Å². The Hall–Kier alpha value is -1.55. The summed E-state index contributed by atoms with van der Waals surface area (Å²) in [6.07, 6.45) is 0. The fourth-order valence-electron chi connectivity index (χ4n) is 1.69. The predicted molar refractivity (Wildman–Crippen MR) is 61.2 cm³/mol. The minimum absolute atomic E-state index is 0.137. The van der Waals surface area contributed by atoms with Gasteiger partial charge >= 0.3 is 0 Å². The van der Waals surface area contributed by atoms with Crippen molar-refractivity contribution in [2.75, 3.05) is 36.9 Å². The van der Waals surface area contributed by atoms with Crippen molar-refractivity contribution in [2.24, 2.45) is 0 Å². The summed E-state index contributed by atoms with van der Waals surface area (Å²) in [5.74, 6) is 0.137. The molecule has 1 aromatic carbocycles. The number of rotatable bonds is 2. The van der Waals surface area contributed by atoms with E-state index in [0.717, 1.165) is 24.5 Å². The number of benzene rings is 1. The topological polar surface area (TPSA) is 44.4 Å². The van der Waals surface area contributed by atoms with Gasteiger partial charge in [-0.3, -0.25) is 4.79 Å². The van der Waals surface area contributed by atoms with Gasteiger partial charge in [-0.25, -0.2) is 0 Å². The molecule has 1 aliphatic heterocycles. The van der Waals surface area contributed by atoms with Gasteiger partial charge in [0.15, 0.2) is 0 Å². The van der Waals surface area contributed by atoms with E-state index in [1.165, 1.54) is 0 Å². The van der Waals surface area contributed by atoms with Crippen LogP contribution in [0.5, 0.6) is 0 Å². The second-order valence-corrected chi connectivity index (χ2v) is 3.52. The molecule has 0 aliphatic carbocycles. The summed E-state index contributed by atoms with van der Waals surface area (Å²) in [6, 6.07) is 7.89. The molecule has 1 saturated heterocycles. The van der Waals surface area contributed by atoms with Crippen LogP contribution in [-0.2, 0) is 4.79 Å². The number of carbonyl (C=O) groups excluding carboxylic acids is 1. The van der Waals surface area contributed by atoms with Crippen LogP contribution in [0.4, 0.5) is 11.4 Å². The Morgan fingerprint density at radius 1 is 1.33 bits per heavy atom. The summed E-state index contributed by atoms with van der Waals surface area (Å²) in [6.45, 7) is 2.05. The number of carbonyl (C=O) groups is 1. The number of anilines is 2. The Kier molecular flexibility index (Phi) is 2.87. The molecule has 0 bridgehead atoms. The van der Waals surface area contributed by atoms with Gasteiger partial charge in [-0.1, -0.05) is 0 Å². The zero-order valence-electron chi connectivity index (χ0n) is 8.79. The van der Waals surface area contributed by atoms with Crippen molar-refractivity contribution >= 4 is 17.3 Å². The maximum atomic E-state index is 11.6. The van der Waals surface area contributed by atoms with Gasteiger partial charge in [-0.15, -0.1) is 0 Å². The second-order valence-electron chi connectivity index (χ2n) is 3.52. The number of hydrogen-bond acceptors (Lipinski definition) is 3. The number of nitrogens with zero attached hydrogens (tertiary/aromatic N) is 1. The maximum absolute atomic E-state index is 11.6. The van der Waals surface area contributed by atoms with Crippen molar-refractivity contribution < 1.29 is 4.79 Å². The van der Waals surface area contributed by atoms with Gasteiger partial charge in [0.25, 0.3) is 0 Å². The van der Waals surface area contributed by atoms with Gasteiger partial charge in [0.1, 0.15) is 0 Å². The van der Waals surface area contributed by atoms with Crippen LogP contribution >= 0.6 is 0 Å². The van der Waals surface area contributed by atoms with Crippen molar-refractivity contribution in [2.45, 2.75) is 0 Å². The fourth-order valence-corrected chi connectivity index (χ4v) is 1.69. The average Bonchev–Trinajstić information content (AvgIpc) is 2.30. The molecule has 2 N–H and O–H groups in total. The second kappa shape index (κ2) is 4.31. The summed E-state index contributed by atoms with van der Waals surface area (Å²) in [5.41, 5.74) is 2.03. The molecule has 4 heteroatoms. The molecule has 0 unspecified atom stereocenters. The molecule has 1 aliphatic rings. The van der Waals surface area contributed by atoms with Gasteiger partial charge < -0.3 is 15.5 Å². The molecular weight excluding hydrogens is 190 g/mol. The van der Waals surface area contributed by atoms with Crippen LogP contribution in [0.25, 0.3) is 0 Å². The first kappa shape index (κ1) is 9.98. The minimum Gasteiger partial charge on any atom is -0.388 e. The van der Waals surface area contributed by atoms with Gasteiger partial charge in [-0.2, -0.15) is 0 Å². The molecule has 2 rings (SSSR count). The highest BCUT2D eigenvalue weighted by Gasteiger charge is 2.18. The van der Waals surface area contributed by atoms with Gasteiger partial charge in [0.2, 0.25) is 5.91 Å². The molecule has 1 heterocycles. The van der Waals surface area contributed by atoms with Crippen LogP contribution in [0, 0.1) is 0 Å². The van der Waals surface area contributed by atoms with Crippen molar-refractivity contribution in [3.63, 3.8) is 0 Å². The van der Waals surface area contributed by atoms with E-state index in [0.29, 0.717) is 6.54 Å². The van der Waals surface area contributed by atoms with E-state index in [1.807, 2.05) is 36.2 Å². The Labute approximate surface area is 89.3 Å². The lowest BCUT2D eigenvalue weighted by molar-refractivity contribution is -0.118. The van der Waals surface area contributed by atoms with Gasteiger partial charge in [0, 0.05) is 31.5 Å². The molecule has 0 spiro atoms. The Balaban J connectivity index is 2.17. The molecule has 0 radical (unpaired) electrons. The minimum atomic E-state index is 0.137. The van der Waals surface area contributed by atoms with Crippen LogP contribution in [-0.4, -0.2) is 32.6 Å². The lowest BCUT2D eigenvalue weighted by atomic mass is 10.2. The Morgan fingerprint density at radius 2 is 2.07 bits per heavy atom. The maximum Gasteiger partial charge on any atom is 0.240 e. The van der Waals surface area contributed by atoms with Crippen molar-refractivity contribution in [3.8, 4) is 0 Å². The summed E-state index contributed by atoms with van der Waals surface area (Å²) < 4.78 is 0. The predicted octanol–water partition coefficient (Wildman–Crippen LogP) is 0.664. The number of amides is 1. The lowest BCUT2D eigenvalue weighted by Gasteiger charge is -2.27. The van der Waals surface area contributed by atoms with Crippen LogP contribution in [0.3, 0.4) is 0 Å². The first-order chi connectivity index (χ1) is 7.31. The molecule has 4 nitrogen and oxygen atoms in total. The quantitative estimate of drug-likeness (QED) is 0.745. The SMILES string of the molecule is CNc1ccc(N2CCNCC2=O)cc1. The third-order valence-corrected chi connectivity index (χ3v) is 2.56. The molecule has 1 fully saturated rings. The van der Waals surface area contributed by atoms with Crippen LogP contribution < -0.4 is 15.5 Å². The fraction of sp³-hybridized carbons (Fsp3) is 0.364. The van der Waals surface area contributed by atoms with Gasteiger partial charge in [0.05, 0.1) is 6.54 Å². The summed E-state index contributed by atoms with van der Waals surface area (Å²) >= 11 is 0. The van der Waals surface area contributed by atoms with Crippen molar-refractivity contribution in [1.29, 1.82) is 0 Å². The number of piperazine rings is 1. The largest absolute Gasteiger partial charge is 0.388 e. The summed E-state index contributed by atoms with van der Waals surface area (Å²) in [5, 5.41) is 6.11. The van der Waals surface area contributed by atoms with E-state index >= 15 is 0 Å². The molecule has 0 saturated carbocycles. The van der Waals surface area contributed by atoms with E-state index in [-0.39, 0.29) is 5.91 Å². The third-order valence-electron chi connectivity index (χ3n) is 2.56. The highest BCUT2D eigenvalue weighted by atomic mass is 16.2. The smallest absolute Gasteiger partial charge is 0.240 e. The van der Waals surface area contributed by atoms with Crippen LogP contribution in [0.15, 0.2) is 24.3 Å². The standard InChI is InChI=1S/C11H15N3O/c1-12-9-2-4-10(5-3-9)14-7-6-13-8-11(14)15/h2-5,12-13H,6-8H2,1H3. The number of nitrogens with one attached hydrogen (secondary N) is 2. The summed E-state index contributed by atoms with van der Waals surface area (Å²) in [4.78, 5) is 13.4. The number of hydrogen-bond donors (Lipinski definition) is 2. The Bertz CT molecular complexity index is 347. The highest BCUT2D eigenvalue weighted by Crippen LogP contribution is 2.18. The van der Waals surface area contributed by atoms with Crippen molar-refractivity contribution in [1.82, 2.24) is 5.32 Å². The zero-order valence-corrected chi connectivity index (χ0v) is 8.79. The first-order valence-electron chi connectivity index (χ1n) is 5.10. The molecule has 15 heavy (non-hydrogen) atoms. The zero-order chi connectivity index (χ0) is 10.7. The van der Waals surface area contributed by atoms with Crippen LogP contribution in [0.1, 0.15) is 0 Å². The normalized spacial score (nSPS) is 16.6. The van der Waals surface area contributed by atoms with Gasteiger partial charge in [-0.05, 0) is 24.3 Å². The average molecular weight is 205 g/mol. The van der Waals surface area contributed by atoms with E-state index in [9.17, 15) is 4.79 Å². The molecule has 0 atom stereocenters. The lowest BCUT2D eigenvalue weighted by Crippen LogP contribution is -2.48. The Morgan fingerprint density at radius 3 is 2.67 bits per heavy atom.